The molecule has 21 heavy (non-hydrogen) atoms. The SMILES string of the molecule is CCCc1noc([C@@H](C)N2CCC(C(=O)OCC)CC2)n1. The highest BCUT2D eigenvalue weighted by molar-refractivity contribution is 5.72. The van der Waals surface area contributed by atoms with E-state index in [1.165, 1.54) is 0 Å². The van der Waals surface area contributed by atoms with Gasteiger partial charge in [-0.15, -0.1) is 0 Å². The van der Waals surface area contributed by atoms with Crippen molar-refractivity contribution in [1.29, 1.82) is 0 Å². The second-order valence-corrected chi connectivity index (χ2v) is 5.54. The number of ether oxygens (including phenoxy) is 1. The number of rotatable bonds is 6. The Hall–Kier alpha value is -1.43. The van der Waals surface area contributed by atoms with Gasteiger partial charge in [0.25, 0.3) is 0 Å². The molecule has 2 rings (SSSR count). The Morgan fingerprint density at radius 2 is 2.14 bits per heavy atom. The molecule has 1 aliphatic heterocycles. The van der Waals surface area contributed by atoms with Gasteiger partial charge in [-0.05, 0) is 46.2 Å². The van der Waals surface area contributed by atoms with E-state index >= 15 is 0 Å². The fourth-order valence-electron chi connectivity index (χ4n) is 2.70. The zero-order chi connectivity index (χ0) is 15.2. The van der Waals surface area contributed by atoms with Gasteiger partial charge in [-0.3, -0.25) is 9.69 Å². The highest BCUT2D eigenvalue weighted by Gasteiger charge is 2.30. The van der Waals surface area contributed by atoms with Gasteiger partial charge in [0.2, 0.25) is 5.89 Å². The molecule has 118 valence electrons. The van der Waals surface area contributed by atoms with Crippen LogP contribution in [0.1, 0.15) is 57.8 Å². The molecular formula is C15H25N3O3. The molecule has 1 aromatic heterocycles. The van der Waals surface area contributed by atoms with E-state index in [1.54, 1.807) is 0 Å². The minimum Gasteiger partial charge on any atom is -0.466 e. The molecule has 1 atom stereocenters. The van der Waals surface area contributed by atoms with Crippen LogP contribution in [0, 0.1) is 5.92 Å². The molecule has 0 spiro atoms. The van der Waals surface area contributed by atoms with Gasteiger partial charge in [0, 0.05) is 6.42 Å². The van der Waals surface area contributed by atoms with Crippen LogP contribution in [-0.4, -0.2) is 40.7 Å². The summed E-state index contributed by atoms with van der Waals surface area (Å²) in [7, 11) is 0. The van der Waals surface area contributed by atoms with E-state index in [2.05, 4.69) is 28.9 Å². The van der Waals surface area contributed by atoms with Gasteiger partial charge in [-0.2, -0.15) is 4.98 Å². The summed E-state index contributed by atoms with van der Waals surface area (Å²) in [5, 5.41) is 4.00. The van der Waals surface area contributed by atoms with Crippen molar-refractivity contribution in [2.24, 2.45) is 5.92 Å². The average molecular weight is 295 g/mol. The maximum absolute atomic E-state index is 11.7. The van der Waals surface area contributed by atoms with Gasteiger partial charge in [-0.1, -0.05) is 12.1 Å². The molecule has 6 nitrogen and oxygen atoms in total. The van der Waals surface area contributed by atoms with E-state index in [1.807, 2.05) is 6.92 Å². The highest BCUT2D eigenvalue weighted by atomic mass is 16.5. The van der Waals surface area contributed by atoms with E-state index in [0.717, 1.165) is 44.6 Å². The molecule has 0 saturated carbocycles. The van der Waals surface area contributed by atoms with Crippen LogP contribution in [0.4, 0.5) is 0 Å². The van der Waals surface area contributed by atoms with E-state index in [0.29, 0.717) is 12.5 Å². The minimum atomic E-state index is -0.0622. The summed E-state index contributed by atoms with van der Waals surface area (Å²) in [6.45, 7) is 8.19. The number of piperidine rings is 1. The average Bonchev–Trinajstić information content (AvgIpc) is 2.96. The Balaban J connectivity index is 1.87. The molecule has 1 aromatic rings. The highest BCUT2D eigenvalue weighted by Crippen LogP contribution is 2.26. The smallest absolute Gasteiger partial charge is 0.309 e. The molecule has 0 N–H and O–H groups in total. The van der Waals surface area contributed by atoms with Crippen LogP contribution < -0.4 is 0 Å². The lowest BCUT2D eigenvalue weighted by molar-refractivity contribution is -0.149. The molecule has 0 amide bonds. The van der Waals surface area contributed by atoms with Crippen molar-refractivity contribution in [2.75, 3.05) is 19.7 Å². The predicted molar refractivity (Wildman–Crippen MR) is 77.6 cm³/mol. The van der Waals surface area contributed by atoms with Gasteiger partial charge in [0.05, 0.1) is 18.6 Å². The summed E-state index contributed by atoms with van der Waals surface area (Å²) in [5.41, 5.74) is 0. The number of hydrogen-bond donors (Lipinski definition) is 0. The minimum absolute atomic E-state index is 0.0340. The third-order valence-corrected chi connectivity index (χ3v) is 4.01. The monoisotopic (exact) mass is 295 g/mol. The van der Waals surface area contributed by atoms with Crippen molar-refractivity contribution < 1.29 is 14.1 Å². The van der Waals surface area contributed by atoms with Gasteiger partial charge in [-0.25, -0.2) is 0 Å². The van der Waals surface area contributed by atoms with Crippen LogP contribution >= 0.6 is 0 Å². The second-order valence-electron chi connectivity index (χ2n) is 5.54. The summed E-state index contributed by atoms with van der Waals surface area (Å²) in [6, 6.07) is 0.103. The first-order valence-corrected chi connectivity index (χ1v) is 7.88. The Bertz CT molecular complexity index is 453. The number of hydrogen-bond acceptors (Lipinski definition) is 6. The second kappa shape index (κ2) is 7.54. The number of likely N-dealkylation sites (tertiary alicyclic amines) is 1. The largest absolute Gasteiger partial charge is 0.466 e. The third kappa shape index (κ3) is 4.03. The van der Waals surface area contributed by atoms with E-state index < -0.39 is 0 Å². The summed E-state index contributed by atoms with van der Waals surface area (Å²) in [6.07, 6.45) is 3.53. The molecule has 0 aromatic carbocycles. The first-order chi connectivity index (χ1) is 10.2. The lowest BCUT2D eigenvalue weighted by Crippen LogP contribution is -2.38. The van der Waals surface area contributed by atoms with Crippen molar-refractivity contribution in [3.8, 4) is 0 Å². The Morgan fingerprint density at radius 1 is 1.43 bits per heavy atom. The van der Waals surface area contributed by atoms with Crippen molar-refractivity contribution in [3.63, 3.8) is 0 Å². The molecule has 6 heteroatoms. The Morgan fingerprint density at radius 3 is 2.76 bits per heavy atom. The van der Waals surface area contributed by atoms with E-state index in [-0.39, 0.29) is 17.9 Å². The topological polar surface area (TPSA) is 68.5 Å². The van der Waals surface area contributed by atoms with Gasteiger partial charge < -0.3 is 9.26 Å². The zero-order valence-electron chi connectivity index (χ0n) is 13.2. The summed E-state index contributed by atoms with van der Waals surface area (Å²) in [4.78, 5) is 18.5. The number of carbonyl (C=O) groups excluding carboxylic acids is 1. The van der Waals surface area contributed by atoms with Crippen LogP contribution in [-0.2, 0) is 16.0 Å². The maximum atomic E-state index is 11.7. The number of nitrogens with zero attached hydrogens (tertiary/aromatic N) is 3. The summed E-state index contributed by atoms with van der Waals surface area (Å²) < 4.78 is 10.4. The van der Waals surface area contributed by atoms with Gasteiger partial charge in [0.1, 0.15) is 0 Å². The molecular weight excluding hydrogens is 270 g/mol. The summed E-state index contributed by atoms with van der Waals surface area (Å²) >= 11 is 0. The number of esters is 1. The first kappa shape index (κ1) is 15.9. The Labute approximate surface area is 125 Å². The molecule has 0 bridgehead atoms. The van der Waals surface area contributed by atoms with Crippen LogP contribution in [0.25, 0.3) is 0 Å². The van der Waals surface area contributed by atoms with Crippen molar-refractivity contribution in [2.45, 2.75) is 52.5 Å². The van der Waals surface area contributed by atoms with Crippen LogP contribution in [0.2, 0.25) is 0 Å². The fourth-order valence-corrected chi connectivity index (χ4v) is 2.70. The summed E-state index contributed by atoms with van der Waals surface area (Å²) in [5.74, 6) is 1.42. The van der Waals surface area contributed by atoms with E-state index in [9.17, 15) is 4.79 Å². The number of aromatic nitrogens is 2. The normalized spacial score (nSPS) is 18.6. The van der Waals surface area contributed by atoms with Crippen molar-refractivity contribution >= 4 is 5.97 Å². The predicted octanol–water partition coefficient (Wildman–Crippen LogP) is 2.36. The molecule has 0 radical (unpaired) electrons. The third-order valence-electron chi connectivity index (χ3n) is 4.01. The Kier molecular flexibility index (Phi) is 5.73. The standard InChI is InChI=1S/C15H25N3O3/c1-4-6-13-16-14(21-17-13)11(3)18-9-7-12(8-10-18)15(19)20-5-2/h11-12H,4-10H2,1-3H3/t11-/m1/s1. The van der Waals surface area contributed by atoms with Crippen LogP contribution in [0.5, 0.6) is 0 Å². The number of aryl methyl sites for hydroxylation is 1. The molecule has 1 fully saturated rings. The molecule has 1 saturated heterocycles. The molecule has 1 aliphatic rings. The van der Waals surface area contributed by atoms with Gasteiger partial charge in [0.15, 0.2) is 5.82 Å². The molecule has 2 heterocycles. The van der Waals surface area contributed by atoms with Crippen molar-refractivity contribution in [1.82, 2.24) is 15.0 Å². The molecule has 0 aliphatic carbocycles. The quantitative estimate of drug-likeness (QED) is 0.750. The van der Waals surface area contributed by atoms with E-state index in [4.69, 9.17) is 9.26 Å². The lowest BCUT2D eigenvalue weighted by Gasteiger charge is -2.33. The fraction of sp³-hybridized carbons (Fsp3) is 0.800. The lowest BCUT2D eigenvalue weighted by atomic mass is 9.96. The first-order valence-electron chi connectivity index (χ1n) is 7.88. The van der Waals surface area contributed by atoms with Crippen LogP contribution in [0.3, 0.4) is 0 Å². The molecule has 0 unspecified atom stereocenters. The number of carbonyl (C=O) groups is 1. The van der Waals surface area contributed by atoms with Gasteiger partial charge >= 0.3 is 5.97 Å². The van der Waals surface area contributed by atoms with Crippen molar-refractivity contribution in [3.05, 3.63) is 11.7 Å². The van der Waals surface area contributed by atoms with Crippen LogP contribution in [0.15, 0.2) is 4.52 Å². The maximum Gasteiger partial charge on any atom is 0.309 e. The zero-order valence-corrected chi connectivity index (χ0v) is 13.2.